The van der Waals surface area contributed by atoms with E-state index in [1.807, 2.05) is 0 Å². The first kappa shape index (κ1) is 12.8. The molecule has 0 spiro atoms. The molecular weight excluding hydrogens is 289 g/mol. The Morgan fingerprint density at radius 2 is 2.06 bits per heavy atom. The molecule has 0 heterocycles. The molecule has 0 atom stereocenters. The van der Waals surface area contributed by atoms with Gasteiger partial charge in [0, 0.05) is 4.47 Å². The number of hydrogen-bond acceptors (Lipinski definition) is 2. The molecule has 0 aliphatic rings. The van der Waals surface area contributed by atoms with E-state index >= 15 is 0 Å². The van der Waals surface area contributed by atoms with Gasteiger partial charge in [-0.15, -0.1) is 13.2 Å². The highest BCUT2D eigenvalue weighted by Crippen LogP contribution is 2.29. The van der Waals surface area contributed by atoms with Crippen molar-refractivity contribution in [2.24, 2.45) is 0 Å². The minimum absolute atomic E-state index is 0.185. The molecule has 0 aromatic heterocycles. The average Bonchev–Trinajstić information content (AvgIpc) is 2.14. The van der Waals surface area contributed by atoms with Crippen LogP contribution in [-0.2, 0) is 0 Å². The van der Waals surface area contributed by atoms with Crippen LogP contribution >= 0.6 is 15.9 Å². The van der Waals surface area contributed by atoms with Gasteiger partial charge in [0.05, 0.1) is 5.56 Å². The first-order valence-electron chi connectivity index (χ1n) is 4.05. The van der Waals surface area contributed by atoms with Crippen LogP contribution in [-0.4, -0.2) is 12.1 Å². The maximum atomic E-state index is 12.0. The summed E-state index contributed by atoms with van der Waals surface area (Å²) in [5, 5.41) is 0. The lowest BCUT2D eigenvalue weighted by molar-refractivity contribution is -0.274. The molecule has 0 fully saturated rings. The Balaban J connectivity index is 3.18. The SMILES string of the molecule is C=CC(=O)c1ccc(Br)cc1OC(F)(F)F. The second-order valence-corrected chi connectivity index (χ2v) is 3.67. The van der Waals surface area contributed by atoms with Gasteiger partial charge in [0.1, 0.15) is 5.75 Å². The number of benzene rings is 1. The monoisotopic (exact) mass is 294 g/mol. The van der Waals surface area contributed by atoms with Gasteiger partial charge in [-0.2, -0.15) is 0 Å². The fourth-order valence-corrected chi connectivity index (χ4v) is 1.36. The number of ketones is 1. The van der Waals surface area contributed by atoms with Crippen molar-refractivity contribution in [3.8, 4) is 5.75 Å². The number of carbonyl (C=O) groups excluding carboxylic acids is 1. The van der Waals surface area contributed by atoms with Crippen molar-refractivity contribution in [2.75, 3.05) is 0 Å². The van der Waals surface area contributed by atoms with Crippen LogP contribution in [0.5, 0.6) is 5.75 Å². The van der Waals surface area contributed by atoms with Crippen LogP contribution in [0.3, 0.4) is 0 Å². The lowest BCUT2D eigenvalue weighted by atomic mass is 10.1. The highest BCUT2D eigenvalue weighted by molar-refractivity contribution is 9.10. The largest absolute Gasteiger partial charge is 0.573 e. The number of rotatable bonds is 3. The van der Waals surface area contributed by atoms with Crippen LogP contribution in [0, 0.1) is 0 Å². The maximum absolute atomic E-state index is 12.0. The van der Waals surface area contributed by atoms with Gasteiger partial charge in [0.2, 0.25) is 0 Å². The van der Waals surface area contributed by atoms with E-state index in [0.29, 0.717) is 4.47 Å². The van der Waals surface area contributed by atoms with E-state index in [1.54, 1.807) is 0 Å². The van der Waals surface area contributed by atoms with Crippen molar-refractivity contribution in [1.82, 2.24) is 0 Å². The summed E-state index contributed by atoms with van der Waals surface area (Å²) in [5.74, 6) is -1.18. The Labute approximate surface area is 97.8 Å². The summed E-state index contributed by atoms with van der Waals surface area (Å²) < 4.78 is 40.3. The summed E-state index contributed by atoms with van der Waals surface area (Å²) >= 11 is 2.99. The molecule has 0 aliphatic carbocycles. The fraction of sp³-hybridized carbons (Fsp3) is 0.100. The van der Waals surface area contributed by atoms with Crippen molar-refractivity contribution < 1.29 is 22.7 Å². The summed E-state index contributed by atoms with van der Waals surface area (Å²) in [6, 6.07) is 3.75. The second-order valence-electron chi connectivity index (χ2n) is 2.76. The molecule has 0 unspecified atom stereocenters. The zero-order chi connectivity index (χ0) is 12.3. The Hall–Kier alpha value is -1.30. The quantitative estimate of drug-likeness (QED) is 0.627. The van der Waals surface area contributed by atoms with Gasteiger partial charge in [-0.3, -0.25) is 4.79 Å². The summed E-state index contributed by atoms with van der Waals surface area (Å²) in [5.41, 5.74) is -0.185. The average molecular weight is 295 g/mol. The standard InChI is InChI=1S/C10H6BrF3O2/c1-2-8(15)7-4-3-6(11)5-9(7)16-10(12,13)14/h2-5H,1H2. The zero-order valence-corrected chi connectivity index (χ0v) is 9.43. The van der Waals surface area contributed by atoms with E-state index in [2.05, 4.69) is 27.2 Å². The van der Waals surface area contributed by atoms with Gasteiger partial charge >= 0.3 is 6.36 Å². The van der Waals surface area contributed by atoms with Crippen LogP contribution in [0.4, 0.5) is 13.2 Å². The molecular formula is C10H6BrF3O2. The van der Waals surface area contributed by atoms with Gasteiger partial charge in [-0.25, -0.2) is 0 Å². The second kappa shape index (κ2) is 4.69. The van der Waals surface area contributed by atoms with E-state index in [1.165, 1.54) is 12.1 Å². The van der Waals surface area contributed by atoms with Gasteiger partial charge in [-0.1, -0.05) is 22.5 Å². The predicted molar refractivity (Wildman–Crippen MR) is 55.4 cm³/mol. The first-order valence-corrected chi connectivity index (χ1v) is 4.85. The molecule has 0 saturated carbocycles. The van der Waals surface area contributed by atoms with Crippen LogP contribution in [0.15, 0.2) is 35.3 Å². The Kier molecular flexibility index (Phi) is 3.74. The lowest BCUT2D eigenvalue weighted by Gasteiger charge is -2.12. The molecule has 2 nitrogen and oxygen atoms in total. The molecule has 0 saturated heterocycles. The van der Waals surface area contributed by atoms with Crippen molar-refractivity contribution in [3.05, 3.63) is 40.9 Å². The molecule has 0 amide bonds. The third-order valence-corrected chi connectivity index (χ3v) is 2.11. The van der Waals surface area contributed by atoms with Crippen molar-refractivity contribution >= 4 is 21.7 Å². The molecule has 86 valence electrons. The molecule has 1 aromatic rings. The number of carbonyl (C=O) groups is 1. The van der Waals surface area contributed by atoms with Gasteiger partial charge in [0.25, 0.3) is 0 Å². The number of alkyl halides is 3. The summed E-state index contributed by atoms with van der Waals surface area (Å²) in [6.45, 7) is 3.20. The molecule has 1 rings (SSSR count). The molecule has 0 aliphatic heterocycles. The van der Waals surface area contributed by atoms with Crippen LogP contribution in [0.1, 0.15) is 10.4 Å². The van der Waals surface area contributed by atoms with Crippen LogP contribution in [0.25, 0.3) is 0 Å². The van der Waals surface area contributed by atoms with E-state index in [9.17, 15) is 18.0 Å². The molecule has 0 bridgehead atoms. The van der Waals surface area contributed by atoms with Gasteiger partial charge in [0.15, 0.2) is 5.78 Å². The normalized spacial score (nSPS) is 11.0. The number of halogens is 4. The third kappa shape index (κ3) is 3.37. The summed E-state index contributed by atoms with van der Waals surface area (Å²) in [7, 11) is 0. The Morgan fingerprint density at radius 1 is 1.44 bits per heavy atom. The highest BCUT2D eigenvalue weighted by Gasteiger charge is 2.32. The van der Waals surface area contributed by atoms with Crippen molar-refractivity contribution in [1.29, 1.82) is 0 Å². The maximum Gasteiger partial charge on any atom is 0.573 e. The summed E-state index contributed by atoms with van der Waals surface area (Å²) in [6.07, 6.45) is -3.91. The smallest absolute Gasteiger partial charge is 0.405 e. The molecule has 16 heavy (non-hydrogen) atoms. The highest BCUT2D eigenvalue weighted by atomic mass is 79.9. The summed E-state index contributed by atoms with van der Waals surface area (Å²) in [4.78, 5) is 11.3. The van der Waals surface area contributed by atoms with Crippen LogP contribution in [0.2, 0.25) is 0 Å². The topological polar surface area (TPSA) is 26.3 Å². The third-order valence-electron chi connectivity index (χ3n) is 1.62. The lowest BCUT2D eigenvalue weighted by Crippen LogP contribution is -2.18. The predicted octanol–water partition coefficient (Wildman–Crippen LogP) is 3.72. The molecule has 6 heteroatoms. The van der Waals surface area contributed by atoms with E-state index in [0.717, 1.165) is 12.1 Å². The first-order chi connectivity index (χ1) is 7.33. The fourth-order valence-electron chi connectivity index (χ4n) is 1.02. The Morgan fingerprint density at radius 3 is 2.56 bits per heavy atom. The van der Waals surface area contributed by atoms with Crippen molar-refractivity contribution in [3.63, 3.8) is 0 Å². The van der Waals surface area contributed by atoms with Crippen LogP contribution < -0.4 is 4.74 Å². The molecule has 1 aromatic carbocycles. The Bertz CT molecular complexity index is 427. The van der Waals surface area contributed by atoms with Gasteiger partial charge in [-0.05, 0) is 24.3 Å². The van der Waals surface area contributed by atoms with E-state index < -0.39 is 17.9 Å². The van der Waals surface area contributed by atoms with Crippen molar-refractivity contribution in [2.45, 2.75) is 6.36 Å². The van der Waals surface area contributed by atoms with Gasteiger partial charge < -0.3 is 4.74 Å². The minimum atomic E-state index is -4.84. The molecule has 0 radical (unpaired) electrons. The van der Waals surface area contributed by atoms with E-state index in [-0.39, 0.29) is 5.56 Å². The number of allylic oxidation sites excluding steroid dienone is 1. The number of hydrogen-bond donors (Lipinski definition) is 0. The zero-order valence-electron chi connectivity index (χ0n) is 7.84. The van der Waals surface area contributed by atoms with E-state index in [4.69, 9.17) is 0 Å². The minimum Gasteiger partial charge on any atom is -0.405 e. The molecule has 0 N–H and O–H groups in total. The number of ether oxygens (including phenoxy) is 1.